The number of carbonyl (C=O) groups is 1. The third-order valence-electron chi connectivity index (χ3n) is 5.44. The fourth-order valence-electron chi connectivity index (χ4n) is 3.47. The van der Waals surface area contributed by atoms with E-state index < -0.39 is 0 Å². The van der Waals surface area contributed by atoms with Gasteiger partial charge in [0.25, 0.3) is 5.91 Å². The van der Waals surface area contributed by atoms with Gasteiger partial charge in [0.1, 0.15) is 0 Å². The van der Waals surface area contributed by atoms with Crippen LogP contribution in [0.2, 0.25) is 0 Å². The fourth-order valence-corrected chi connectivity index (χ4v) is 3.47. The molecule has 0 saturated heterocycles. The highest BCUT2D eigenvalue weighted by atomic mass is 16.5. The fraction of sp³-hybridized carbons (Fsp3) is 0.296. The summed E-state index contributed by atoms with van der Waals surface area (Å²) in [5, 5.41) is 3.04. The zero-order chi connectivity index (χ0) is 21.9. The molecule has 0 unspecified atom stereocenters. The van der Waals surface area contributed by atoms with Crippen molar-refractivity contribution in [2.45, 2.75) is 40.2 Å². The predicted molar refractivity (Wildman–Crippen MR) is 126 cm³/mol. The van der Waals surface area contributed by atoms with Gasteiger partial charge in [-0.2, -0.15) is 0 Å². The van der Waals surface area contributed by atoms with Crippen molar-refractivity contribution in [3.8, 4) is 0 Å². The molecule has 162 valence electrons. The molecule has 0 aliphatic rings. The molecule has 0 fully saturated rings. The van der Waals surface area contributed by atoms with E-state index in [4.69, 9.17) is 4.74 Å². The Morgan fingerprint density at radius 1 is 0.774 bits per heavy atom. The van der Waals surface area contributed by atoms with Crippen molar-refractivity contribution >= 4 is 5.91 Å². The highest BCUT2D eigenvalue weighted by molar-refractivity contribution is 5.94. The standard InChI is InChI=1S/C27H32N2O2/c1-3-29(4-2)19-22-14-16-24(17-15-22)27(30)28-18-25-12-8-9-13-26(25)21-31-20-23-10-6-5-7-11-23/h5-17H,3-4,18-21H2,1-2H3,(H,28,30). The van der Waals surface area contributed by atoms with Crippen molar-refractivity contribution in [1.29, 1.82) is 0 Å². The quantitative estimate of drug-likeness (QED) is 0.469. The SMILES string of the molecule is CCN(CC)Cc1ccc(C(=O)NCc2ccccc2COCc2ccccc2)cc1. The predicted octanol–water partition coefficient (Wildman–Crippen LogP) is 5.18. The molecule has 0 aliphatic heterocycles. The zero-order valence-electron chi connectivity index (χ0n) is 18.5. The Balaban J connectivity index is 1.53. The molecule has 3 rings (SSSR count). The number of nitrogens with one attached hydrogen (secondary N) is 1. The molecular weight excluding hydrogens is 384 g/mol. The summed E-state index contributed by atoms with van der Waals surface area (Å²) in [7, 11) is 0. The highest BCUT2D eigenvalue weighted by Gasteiger charge is 2.09. The number of benzene rings is 3. The molecule has 31 heavy (non-hydrogen) atoms. The molecule has 0 aromatic heterocycles. The monoisotopic (exact) mass is 416 g/mol. The Hall–Kier alpha value is -2.95. The van der Waals surface area contributed by atoms with Crippen LogP contribution in [-0.2, 0) is 31.0 Å². The minimum Gasteiger partial charge on any atom is -0.372 e. The first-order valence-electron chi connectivity index (χ1n) is 11.0. The largest absolute Gasteiger partial charge is 0.372 e. The van der Waals surface area contributed by atoms with Crippen LogP contribution in [0.3, 0.4) is 0 Å². The van der Waals surface area contributed by atoms with Crippen LogP contribution in [0, 0.1) is 0 Å². The molecule has 1 amide bonds. The van der Waals surface area contributed by atoms with Crippen molar-refractivity contribution < 1.29 is 9.53 Å². The van der Waals surface area contributed by atoms with Gasteiger partial charge in [-0.05, 0) is 47.5 Å². The average Bonchev–Trinajstić information content (AvgIpc) is 2.82. The van der Waals surface area contributed by atoms with Crippen molar-refractivity contribution in [1.82, 2.24) is 10.2 Å². The van der Waals surface area contributed by atoms with Crippen LogP contribution in [0.5, 0.6) is 0 Å². The minimum absolute atomic E-state index is 0.0607. The summed E-state index contributed by atoms with van der Waals surface area (Å²) in [6.07, 6.45) is 0. The van der Waals surface area contributed by atoms with Gasteiger partial charge in [-0.1, -0.05) is 80.6 Å². The van der Waals surface area contributed by atoms with Crippen molar-refractivity contribution in [2.75, 3.05) is 13.1 Å². The number of amides is 1. The van der Waals surface area contributed by atoms with E-state index in [1.165, 1.54) is 5.56 Å². The van der Waals surface area contributed by atoms with Crippen LogP contribution < -0.4 is 5.32 Å². The number of ether oxygens (including phenoxy) is 1. The van der Waals surface area contributed by atoms with Crippen molar-refractivity contribution in [2.24, 2.45) is 0 Å². The summed E-state index contributed by atoms with van der Waals surface area (Å²) in [5.41, 5.74) is 5.22. The van der Waals surface area contributed by atoms with Crippen LogP contribution in [0.4, 0.5) is 0 Å². The second-order valence-corrected chi connectivity index (χ2v) is 7.59. The van der Waals surface area contributed by atoms with Crippen LogP contribution >= 0.6 is 0 Å². The number of carbonyl (C=O) groups excluding carboxylic acids is 1. The molecule has 3 aromatic rings. The average molecular weight is 417 g/mol. The Kier molecular flexibility index (Phi) is 8.83. The van der Waals surface area contributed by atoms with Gasteiger partial charge in [0.15, 0.2) is 0 Å². The first-order chi connectivity index (χ1) is 15.2. The molecule has 0 atom stereocenters. The molecular formula is C27H32N2O2. The summed E-state index contributed by atoms with van der Waals surface area (Å²) >= 11 is 0. The van der Waals surface area contributed by atoms with E-state index in [1.54, 1.807) is 0 Å². The van der Waals surface area contributed by atoms with Gasteiger partial charge < -0.3 is 10.1 Å². The Bertz CT molecular complexity index is 935. The summed E-state index contributed by atoms with van der Waals surface area (Å²) in [5.74, 6) is -0.0607. The first-order valence-corrected chi connectivity index (χ1v) is 11.0. The van der Waals surface area contributed by atoms with E-state index in [9.17, 15) is 4.79 Å². The zero-order valence-corrected chi connectivity index (χ0v) is 18.5. The molecule has 4 heteroatoms. The third-order valence-corrected chi connectivity index (χ3v) is 5.44. The third kappa shape index (κ3) is 7.06. The maximum atomic E-state index is 12.6. The van der Waals surface area contributed by atoms with Gasteiger partial charge >= 0.3 is 0 Å². The first kappa shape index (κ1) is 22.7. The lowest BCUT2D eigenvalue weighted by Gasteiger charge is -2.18. The van der Waals surface area contributed by atoms with Crippen molar-refractivity contribution in [3.63, 3.8) is 0 Å². The van der Waals surface area contributed by atoms with Crippen LogP contribution in [0.25, 0.3) is 0 Å². The minimum atomic E-state index is -0.0607. The van der Waals surface area contributed by atoms with Crippen LogP contribution in [0.1, 0.15) is 46.5 Å². The van der Waals surface area contributed by atoms with E-state index in [-0.39, 0.29) is 5.91 Å². The highest BCUT2D eigenvalue weighted by Crippen LogP contribution is 2.13. The Labute approximate surface area is 185 Å². The Morgan fingerprint density at radius 2 is 1.42 bits per heavy atom. The van der Waals surface area contributed by atoms with Crippen LogP contribution in [0.15, 0.2) is 78.9 Å². The molecule has 0 radical (unpaired) electrons. The summed E-state index contributed by atoms with van der Waals surface area (Å²) in [6.45, 7) is 8.84. The Morgan fingerprint density at radius 3 is 2.10 bits per heavy atom. The smallest absolute Gasteiger partial charge is 0.251 e. The van der Waals surface area contributed by atoms with E-state index >= 15 is 0 Å². The van der Waals surface area contributed by atoms with E-state index in [1.807, 2.05) is 60.7 Å². The van der Waals surface area contributed by atoms with Crippen molar-refractivity contribution in [3.05, 3.63) is 107 Å². The van der Waals surface area contributed by atoms with Gasteiger partial charge in [0.05, 0.1) is 13.2 Å². The van der Waals surface area contributed by atoms with Gasteiger partial charge in [0.2, 0.25) is 0 Å². The maximum absolute atomic E-state index is 12.6. The van der Waals surface area contributed by atoms with E-state index in [2.05, 4.69) is 42.3 Å². The normalized spacial score (nSPS) is 10.9. The van der Waals surface area contributed by atoms with Gasteiger partial charge in [-0.15, -0.1) is 0 Å². The molecule has 3 aromatic carbocycles. The maximum Gasteiger partial charge on any atom is 0.251 e. The molecule has 0 aliphatic carbocycles. The van der Waals surface area contributed by atoms with E-state index in [0.29, 0.717) is 25.3 Å². The summed E-state index contributed by atoms with van der Waals surface area (Å²) in [6, 6.07) is 26.1. The molecule has 0 spiro atoms. The number of hydrogen-bond donors (Lipinski definition) is 1. The lowest BCUT2D eigenvalue weighted by molar-refractivity contribution is 0.0947. The number of rotatable bonds is 11. The molecule has 0 heterocycles. The second kappa shape index (κ2) is 12.0. The lowest BCUT2D eigenvalue weighted by atomic mass is 10.1. The van der Waals surface area contributed by atoms with Gasteiger partial charge in [-0.3, -0.25) is 9.69 Å². The van der Waals surface area contributed by atoms with Crippen LogP contribution in [-0.4, -0.2) is 23.9 Å². The topological polar surface area (TPSA) is 41.6 Å². The number of hydrogen-bond acceptors (Lipinski definition) is 3. The number of nitrogens with zero attached hydrogens (tertiary/aromatic N) is 1. The lowest BCUT2D eigenvalue weighted by Crippen LogP contribution is -2.24. The second-order valence-electron chi connectivity index (χ2n) is 7.59. The molecule has 1 N–H and O–H groups in total. The molecule has 4 nitrogen and oxygen atoms in total. The molecule has 0 bridgehead atoms. The van der Waals surface area contributed by atoms with E-state index in [0.717, 1.165) is 36.3 Å². The summed E-state index contributed by atoms with van der Waals surface area (Å²) < 4.78 is 5.88. The summed E-state index contributed by atoms with van der Waals surface area (Å²) in [4.78, 5) is 15.0. The van der Waals surface area contributed by atoms with Gasteiger partial charge in [-0.25, -0.2) is 0 Å². The van der Waals surface area contributed by atoms with Gasteiger partial charge in [0, 0.05) is 18.7 Å². The molecule has 0 saturated carbocycles.